The maximum Gasteiger partial charge on any atom is 0.234 e. The molecule has 4 rings (SSSR count). The molecule has 6 heteroatoms. The average molecular weight is 370 g/mol. The van der Waals surface area contributed by atoms with E-state index in [1.807, 2.05) is 38.1 Å². The van der Waals surface area contributed by atoms with E-state index in [0.717, 1.165) is 17.7 Å². The van der Waals surface area contributed by atoms with E-state index in [9.17, 15) is 9.18 Å². The van der Waals surface area contributed by atoms with Gasteiger partial charge in [0.15, 0.2) is 11.5 Å². The molecule has 2 aromatic carbocycles. The van der Waals surface area contributed by atoms with E-state index in [1.54, 1.807) is 6.07 Å². The first-order valence-corrected chi connectivity index (χ1v) is 9.19. The number of nitrogens with one attached hydrogen (secondary N) is 2. The van der Waals surface area contributed by atoms with Crippen molar-refractivity contribution in [3.63, 3.8) is 0 Å². The fourth-order valence-corrected chi connectivity index (χ4v) is 3.47. The van der Waals surface area contributed by atoms with E-state index in [0.29, 0.717) is 43.2 Å². The summed E-state index contributed by atoms with van der Waals surface area (Å²) in [4.78, 5) is 13.0. The number of fused-ring (bicyclic) bond motifs is 2. The van der Waals surface area contributed by atoms with Crippen LogP contribution in [0.3, 0.4) is 0 Å². The first-order chi connectivity index (χ1) is 13.0. The number of hydrogen-bond donors (Lipinski definition) is 2. The number of amides is 1. The highest BCUT2D eigenvalue weighted by Gasteiger charge is 2.32. The molecular weight excluding hydrogens is 347 g/mol. The van der Waals surface area contributed by atoms with E-state index in [2.05, 4.69) is 10.6 Å². The lowest BCUT2D eigenvalue weighted by Gasteiger charge is -2.27. The lowest BCUT2D eigenvalue weighted by molar-refractivity contribution is -0.120. The second-order valence-corrected chi connectivity index (χ2v) is 7.43. The Balaban J connectivity index is 1.59. The fraction of sp³-hybridized carbons (Fsp3) is 0.381. The van der Waals surface area contributed by atoms with E-state index >= 15 is 0 Å². The van der Waals surface area contributed by atoms with E-state index < -0.39 is 5.41 Å². The van der Waals surface area contributed by atoms with Crippen LogP contribution in [0.15, 0.2) is 30.3 Å². The molecule has 5 nitrogen and oxygen atoms in total. The Morgan fingerprint density at radius 2 is 1.93 bits per heavy atom. The molecule has 0 radical (unpaired) electrons. The summed E-state index contributed by atoms with van der Waals surface area (Å²) in [6.45, 7) is 6.02. The summed E-state index contributed by atoms with van der Waals surface area (Å²) in [5.74, 6) is 0.704. The maximum absolute atomic E-state index is 14.9. The summed E-state index contributed by atoms with van der Waals surface area (Å²) in [5.41, 5.74) is 1.78. The van der Waals surface area contributed by atoms with Crippen LogP contribution in [0.4, 0.5) is 10.1 Å². The average Bonchev–Trinajstić information content (AvgIpc) is 2.69. The predicted octanol–water partition coefficient (Wildman–Crippen LogP) is 3.16. The Labute approximate surface area is 157 Å². The molecular formula is C21H23FN2O3. The van der Waals surface area contributed by atoms with Crippen LogP contribution in [0.2, 0.25) is 0 Å². The van der Waals surface area contributed by atoms with E-state index in [-0.39, 0.29) is 17.4 Å². The number of halogens is 1. The molecule has 142 valence electrons. The van der Waals surface area contributed by atoms with Gasteiger partial charge in [0, 0.05) is 6.54 Å². The van der Waals surface area contributed by atoms with E-state index in [4.69, 9.17) is 9.47 Å². The van der Waals surface area contributed by atoms with Crippen molar-refractivity contribution in [3.8, 4) is 11.5 Å². The van der Waals surface area contributed by atoms with Gasteiger partial charge in [0.25, 0.3) is 0 Å². The minimum atomic E-state index is -0.861. The molecule has 2 aliphatic heterocycles. The van der Waals surface area contributed by atoms with Crippen molar-refractivity contribution in [1.82, 2.24) is 5.32 Å². The number of hydrogen-bond acceptors (Lipinski definition) is 4. The number of rotatable bonds is 3. The first-order valence-electron chi connectivity index (χ1n) is 9.19. The van der Waals surface area contributed by atoms with Crippen LogP contribution in [0.5, 0.6) is 11.5 Å². The number of ether oxygens (including phenoxy) is 2. The van der Waals surface area contributed by atoms with Gasteiger partial charge in [-0.2, -0.15) is 0 Å². The third-order valence-corrected chi connectivity index (χ3v) is 5.29. The summed E-state index contributed by atoms with van der Waals surface area (Å²) in [6, 6.07) is 8.99. The molecule has 0 aliphatic carbocycles. The van der Waals surface area contributed by atoms with Gasteiger partial charge in [-0.3, -0.25) is 4.79 Å². The molecule has 1 amide bonds. The predicted molar refractivity (Wildman–Crippen MR) is 101 cm³/mol. The Kier molecular flexibility index (Phi) is 4.52. The SMILES string of the molecule is CC(C)(C(=O)Nc1ccc2c(c1F)CCNC2)c1ccc2c(c1)OCCO2. The minimum absolute atomic E-state index is 0.228. The molecule has 2 aromatic rings. The van der Waals surface area contributed by atoms with Crippen molar-refractivity contribution in [1.29, 1.82) is 0 Å². The summed E-state index contributed by atoms with van der Waals surface area (Å²) in [7, 11) is 0. The number of anilines is 1. The molecule has 2 heterocycles. The van der Waals surface area contributed by atoms with Gasteiger partial charge in [-0.15, -0.1) is 0 Å². The van der Waals surface area contributed by atoms with Crippen molar-refractivity contribution in [3.05, 3.63) is 52.8 Å². The summed E-state index contributed by atoms with van der Waals surface area (Å²) in [6.07, 6.45) is 0.621. The van der Waals surface area contributed by atoms with Crippen molar-refractivity contribution >= 4 is 11.6 Å². The highest BCUT2D eigenvalue weighted by atomic mass is 19.1. The van der Waals surface area contributed by atoms with Gasteiger partial charge in [-0.05, 0) is 61.7 Å². The molecule has 2 N–H and O–H groups in total. The molecule has 0 fully saturated rings. The van der Waals surface area contributed by atoms with Gasteiger partial charge in [-0.25, -0.2) is 4.39 Å². The Morgan fingerprint density at radius 3 is 2.74 bits per heavy atom. The topological polar surface area (TPSA) is 59.6 Å². The van der Waals surface area contributed by atoms with Gasteiger partial charge in [0.2, 0.25) is 5.91 Å². The molecule has 0 spiro atoms. The zero-order valence-electron chi connectivity index (χ0n) is 15.5. The van der Waals surface area contributed by atoms with Crippen LogP contribution in [-0.4, -0.2) is 25.7 Å². The highest BCUT2D eigenvalue weighted by molar-refractivity contribution is 5.98. The zero-order valence-corrected chi connectivity index (χ0v) is 15.5. The van der Waals surface area contributed by atoms with Gasteiger partial charge in [0.05, 0.1) is 11.1 Å². The molecule has 0 aromatic heterocycles. The smallest absolute Gasteiger partial charge is 0.234 e. The van der Waals surface area contributed by atoms with Crippen LogP contribution >= 0.6 is 0 Å². The van der Waals surface area contributed by atoms with Crippen molar-refractivity contribution < 1.29 is 18.7 Å². The van der Waals surface area contributed by atoms with E-state index in [1.165, 1.54) is 0 Å². The minimum Gasteiger partial charge on any atom is -0.486 e. The molecule has 0 bridgehead atoms. The van der Waals surface area contributed by atoms with Crippen LogP contribution in [0.25, 0.3) is 0 Å². The molecule has 0 unspecified atom stereocenters. The molecule has 0 saturated heterocycles. The molecule has 2 aliphatic rings. The van der Waals surface area contributed by atoms with Crippen LogP contribution < -0.4 is 20.1 Å². The van der Waals surface area contributed by atoms with Crippen LogP contribution in [0.1, 0.15) is 30.5 Å². The van der Waals surface area contributed by atoms with Crippen molar-refractivity contribution in [2.75, 3.05) is 25.1 Å². The van der Waals surface area contributed by atoms with Crippen molar-refractivity contribution in [2.24, 2.45) is 0 Å². The number of benzene rings is 2. The highest BCUT2D eigenvalue weighted by Crippen LogP contribution is 2.36. The summed E-state index contributed by atoms with van der Waals surface area (Å²) in [5, 5.41) is 6.00. The summed E-state index contributed by atoms with van der Waals surface area (Å²) >= 11 is 0. The van der Waals surface area contributed by atoms with Gasteiger partial charge in [0.1, 0.15) is 19.0 Å². The summed E-state index contributed by atoms with van der Waals surface area (Å²) < 4.78 is 26.0. The lowest BCUT2D eigenvalue weighted by Crippen LogP contribution is -2.35. The largest absolute Gasteiger partial charge is 0.486 e. The lowest BCUT2D eigenvalue weighted by atomic mass is 9.83. The van der Waals surface area contributed by atoms with Gasteiger partial charge >= 0.3 is 0 Å². The third kappa shape index (κ3) is 3.25. The number of carbonyl (C=O) groups is 1. The Hall–Kier alpha value is -2.60. The van der Waals surface area contributed by atoms with Crippen LogP contribution in [0, 0.1) is 5.82 Å². The Morgan fingerprint density at radius 1 is 1.15 bits per heavy atom. The maximum atomic E-state index is 14.9. The van der Waals surface area contributed by atoms with Crippen molar-refractivity contribution in [2.45, 2.75) is 32.2 Å². The zero-order chi connectivity index (χ0) is 19.0. The third-order valence-electron chi connectivity index (χ3n) is 5.29. The second-order valence-electron chi connectivity index (χ2n) is 7.43. The standard InChI is InChI=1S/C21H23FN2O3/c1-21(2,14-4-6-17-18(11-14)27-10-9-26-17)20(25)24-16-5-3-13-12-23-8-7-15(13)19(16)22/h3-6,11,23H,7-10,12H2,1-2H3,(H,24,25). The second kappa shape index (κ2) is 6.85. The van der Waals surface area contributed by atoms with Gasteiger partial charge in [-0.1, -0.05) is 12.1 Å². The normalized spacial score (nSPS) is 15.8. The Bertz CT molecular complexity index is 895. The number of carbonyl (C=O) groups excluding carboxylic acids is 1. The monoisotopic (exact) mass is 370 g/mol. The molecule has 0 atom stereocenters. The first kappa shape index (κ1) is 17.8. The van der Waals surface area contributed by atoms with Crippen LogP contribution in [-0.2, 0) is 23.2 Å². The molecule has 27 heavy (non-hydrogen) atoms. The molecule has 0 saturated carbocycles. The quantitative estimate of drug-likeness (QED) is 0.871. The van der Waals surface area contributed by atoms with Gasteiger partial charge < -0.3 is 20.1 Å². The fourth-order valence-electron chi connectivity index (χ4n) is 3.47.